The second-order valence-electron chi connectivity index (χ2n) is 8.54. The van der Waals surface area contributed by atoms with E-state index in [1.165, 1.54) is 5.56 Å². The molecule has 0 amide bonds. The second-order valence-corrected chi connectivity index (χ2v) is 8.93. The van der Waals surface area contributed by atoms with E-state index in [0.717, 1.165) is 52.8 Å². The Hall–Kier alpha value is -2.70. The van der Waals surface area contributed by atoms with Gasteiger partial charge in [-0.3, -0.25) is 4.79 Å². The minimum absolute atomic E-state index is 0.0616. The van der Waals surface area contributed by atoms with Crippen molar-refractivity contribution in [2.75, 3.05) is 32.5 Å². The van der Waals surface area contributed by atoms with E-state index in [-0.39, 0.29) is 5.56 Å². The summed E-state index contributed by atoms with van der Waals surface area (Å²) in [6.45, 7) is 8.36. The summed E-state index contributed by atoms with van der Waals surface area (Å²) in [4.78, 5) is 20.1. The molecule has 5 nitrogen and oxygen atoms in total. The lowest BCUT2D eigenvalue weighted by atomic mass is 10.0. The van der Waals surface area contributed by atoms with Crippen LogP contribution in [-0.4, -0.2) is 47.1 Å². The largest absolute Gasteiger partial charge is 0.344 e. The average Bonchev–Trinajstić information content (AvgIpc) is 2.67. The molecule has 0 saturated heterocycles. The first kappa shape index (κ1) is 23.0. The number of nitrogens with zero attached hydrogens (tertiary/aromatic N) is 2. The van der Waals surface area contributed by atoms with Gasteiger partial charge in [0.2, 0.25) is 0 Å². The van der Waals surface area contributed by atoms with E-state index in [1.807, 2.05) is 31.2 Å². The Morgan fingerprint density at radius 1 is 1.03 bits per heavy atom. The number of thiocarbonyl (C=S) groups is 1. The van der Waals surface area contributed by atoms with Crippen LogP contribution in [-0.2, 0) is 6.54 Å². The molecule has 0 aliphatic rings. The summed E-state index contributed by atoms with van der Waals surface area (Å²) in [5.41, 5.74) is 5.97. The summed E-state index contributed by atoms with van der Waals surface area (Å²) >= 11 is 5.75. The lowest BCUT2D eigenvalue weighted by Crippen LogP contribution is -2.37. The number of aryl methyl sites for hydroxylation is 3. The first-order chi connectivity index (χ1) is 14.7. The molecule has 0 spiro atoms. The molecule has 3 rings (SSSR count). The van der Waals surface area contributed by atoms with Gasteiger partial charge in [-0.2, -0.15) is 0 Å². The number of anilines is 1. The van der Waals surface area contributed by atoms with Gasteiger partial charge in [0.25, 0.3) is 5.56 Å². The van der Waals surface area contributed by atoms with Crippen LogP contribution in [0.4, 0.5) is 5.69 Å². The van der Waals surface area contributed by atoms with E-state index < -0.39 is 0 Å². The number of hydrogen-bond acceptors (Lipinski definition) is 3. The second kappa shape index (κ2) is 10.1. The predicted molar refractivity (Wildman–Crippen MR) is 135 cm³/mol. The monoisotopic (exact) mass is 436 g/mol. The van der Waals surface area contributed by atoms with Gasteiger partial charge in [-0.1, -0.05) is 18.2 Å². The molecule has 1 heterocycles. The van der Waals surface area contributed by atoms with E-state index in [0.29, 0.717) is 11.7 Å². The maximum Gasteiger partial charge on any atom is 0.253 e. The van der Waals surface area contributed by atoms with Gasteiger partial charge in [-0.25, -0.2) is 0 Å². The van der Waals surface area contributed by atoms with Crippen molar-refractivity contribution in [1.29, 1.82) is 0 Å². The smallest absolute Gasteiger partial charge is 0.253 e. The number of aromatic nitrogens is 1. The average molecular weight is 437 g/mol. The SMILES string of the molecule is Cc1cccc(NC(=S)N(CCCN(C)C)Cc2cc3c(C)cc(C)cc3[nH]c2=O)c1. The zero-order valence-electron chi connectivity index (χ0n) is 19.1. The minimum atomic E-state index is -0.0616. The molecule has 2 N–H and O–H groups in total. The van der Waals surface area contributed by atoms with Crippen LogP contribution in [0.15, 0.2) is 47.3 Å². The summed E-state index contributed by atoms with van der Waals surface area (Å²) in [5, 5.41) is 5.05. The Morgan fingerprint density at radius 3 is 2.52 bits per heavy atom. The molecule has 1 aromatic heterocycles. The quantitative estimate of drug-likeness (QED) is 0.530. The maximum atomic E-state index is 12.8. The van der Waals surface area contributed by atoms with Gasteiger partial charge >= 0.3 is 0 Å². The van der Waals surface area contributed by atoms with Crippen molar-refractivity contribution in [3.05, 3.63) is 75.1 Å². The maximum absolute atomic E-state index is 12.8. The number of aromatic amines is 1. The van der Waals surface area contributed by atoms with Crippen molar-refractivity contribution in [2.24, 2.45) is 0 Å². The molecule has 3 aromatic rings. The van der Waals surface area contributed by atoms with Crippen LogP contribution in [0.2, 0.25) is 0 Å². The molecule has 0 aliphatic carbocycles. The van der Waals surface area contributed by atoms with Gasteiger partial charge in [0.15, 0.2) is 5.11 Å². The first-order valence-electron chi connectivity index (χ1n) is 10.6. The molecular formula is C25H32N4OS. The van der Waals surface area contributed by atoms with Gasteiger partial charge < -0.3 is 20.1 Å². The molecule has 0 fully saturated rings. The summed E-state index contributed by atoms with van der Waals surface area (Å²) in [6, 6.07) is 14.3. The summed E-state index contributed by atoms with van der Waals surface area (Å²) in [5.74, 6) is 0. The first-order valence-corrected chi connectivity index (χ1v) is 11.0. The molecule has 0 saturated carbocycles. The van der Waals surface area contributed by atoms with E-state index >= 15 is 0 Å². The Morgan fingerprint density at radius 2 is 1.81 bits per heavy atom. The fourth-order valence-electron chi connectivity index (χ4n) is 3.79. The Kier molecular flexibility index (Phi) is 7.46. The lowest BCUT2D eigenvalue weighted by molar-refractivity contribution is 0.346. The Labute approximate surface area is 190 Å². The van der Waals surface area contributed by atoms with E-state index in [2.05, 4.69) is 66.2 Å². The molecule has 2 aromatic carbocycles. The van der Waals surface area contributed by atoms with Crippen molar-refractivity contribution in [1.82, 2.24) is 14.8 Å². The van der Waals surface area contributed by atoms with Gasteiger partial charge in [-0.05, 0) is 101 Å². The number of rotatable bonds is 7. The summed E-state index contributed by atoms with van der Waals surface area (Å²) in [6.07, 6.45) is 0.951. The molecular weight excluding hydrogens is 404 g/mol. The van der Waals surface area contributed by atoms with Crippen LogP contribution in [0, 0.1) is 20.8 Å². The van der Waals surface area contributed by atoms with Crippen LogP contribution >= 0.6 is 12.2 Å². The van der Waals surface area contributed by atoms with Crippen molar-refractivity contribution in [2.45, 2.75) is 33.7 Å². The highest BCUT2D eigenvalue weighted by Gasteiger charge is 2.14. The van der Waals surface area contributed by atoms with E-state index in [4.69, 9.17) is 12.2 Å². The number of H-pyrrole nitrogens is 1. The molecule has 0 bridgehead atoms. The number of pyridine rings is 1. The zero-order valence-corrected chi connectivity index (χ0v) is 19.9. The third kappa shape index (κ3) is 6.15. The Bertz CT molecular complexity index is 1140. The number of hydrogen-bond donors (Lipinski definition) is 2. The third-order valence-corrected chi connectivity index (χ3v) is 5.70. The van der Waals surface area contributed by atoms with Gasteiger partial charge in [0.1, 0.15) is 0 Å². The Balaban J connectivity index is 1.87. The van der Waals surface area contributed by atoms with E-state index in [9.17, 15) is 4.79 Å². The fourth-order valence-corrected chi connectivity index (χ4v) is 4.07. The minimum Gasteiger partial charge on any atom is -0.344 e. The zero-order chi connectivity index (χ0) is 22.5. The lowest BCUT2D eigenvalue weighted by Gasteiger charge is -2.26. The van der Waals surface area contributed by atoms with Crippen molar-refractivity contribution < 1.29 is 0 Å². The molecule has 164 valence electrons. The standard InChI is InChI=1S/C25H32N4OS/c1-17-8-6-9-21(13-17)26-25(31)29(11-7-10-28(4)5)16-20-15-22-19(3)12-18(2)14-23(22)27-24(20)30/h6,8-9,12-15H,7,10-11,16H2,1-5H3,(H,26,31)(H,27,30). The molecule has 0 atom stereocenters. The van der Waals surface area contributed by atoms with Gasteiger partial charge in [0.05, 0.1) is 6.54 Å². The molecule has 6 heteroatoms. The highest BCUT2D eigenvalue weighted by Crippen LogP contribution is 2.19. The van der Waals surface area contributed by atoms with Crippen molar-refractivity contribution in [3.63, 3.8) is 0 Å². The van der Waals surface area contributed by atoms with Crippen LogP contribution < -0.4 is 10.9 Å². The molecule has 0 aliphatic heterocycles. The van der Waals surface area contributed by atoms with Gasteiger partial charge in [-0.15, -0.1) is 0 Å². The van der Waals surface area contributed by atoms with Crippen LogP contribution in [0.1, 0.15) is 28.7 Å². The normalized spacial score (nSPS) is 11.2. The number of nitrogens with one attached hydrogen (secondary N) is 2. The van der Waals surface area contributed by atoms with Gasteiger partial charge in [0, 0.05) is 28.7 Å². The number of fused-ring (bicyclic) bond motifs is 1. The van der Waals surface area contributed by atoms with E-state index in [1.54, 1.807) is 0 Å². The molecule has 0 unspecified atom stereocenters. The van der Waals surface area contributed by atoms with Crippen LogP contribution in [0.5, 0.6) is 0 Å². The number of benzene rings is 2. The van der Waals surface area contributed by atoms with Crippen LogP contribution in [0.3, 0.4) is 0 Å². The fraction of sp³-hybridized carbons (Fsp3) is 0.360. The highest BCUT2D eigenvalue weighted by molar-refractivity contribution is 7.80. The topological polar surface area (TPSA) is 51.4 Å². The molecule has 0 radical (unpaired) electrons. The summed E-state index contributed by atoms with van der Waals surface area (Å²) < 4.78 is 0. The highest BCUT2D eigenvalue weighted by atomic mass is 32.1. The van der Waals surface area contributed by atoms with Crippen molar-refractivity contribution >= 4 is 33.9 Å². The van der Waals surface area contributed by atoms with Crippen molar-refractivity contribution in [3.8, 4) is 0 Å². The third-order valence-electron chi connectivity index (χ3n) is 5.34. The molecule has 31 heavy (non-hydrogen) atoms. The predicted octanol–water partition coefficient (Wildman–Crippen LogP) is 4.60. The summed E-state index contributed by atoms with van der Waals surface area (Å²) in [7, 11) is 4.12. The van der Waals surface area contributed by atoms with Crippen LogP contribution in [0.25, 0.3) is 10.9 Å².